The fourth-order valence-electron chi connectivity index (χ4n) is 1.92. The second-order valence-corrected chi connectivity index (χ2v) is 6.90. The van der Waals surface area contributed by atoms with Gasteiger partial charge in [0.2, 0.25) is 0 Å². The van der Waals surface area contributed by atoms with Crippen molar-refractivity contribution < 1.29 is 12.8 Å². The normalized spacial score (nSPS) is 13.5. The van der Waals surface area contributed by atoms with Crippen LogP contribution in [-0.2, 0) is 16.3 Å². The number of sulfone groups is 1. The third-order valence-electron chi connectivity index (χ3n) is 2.86. The Morgan fingerprint density at radius 2 is 2.00 bits per heavy atom. The van der Waals surface area contributed by atoms with Gasteiger partial charge in [-0.3, -0.25) is 0 Å². The maximum Gasteiger partial charge on any atom is 0.147 e. The Bertz CT molecular complexity index is 474. The summed E-state index contributed by atoms with van der Waals surface area (Å²) in [7, 11) is -1.15. The van der Waals surface area contributed by atoms with Gasteiger partial charge in [0.05, 0.1) is 5.75 Å². The van der Waals surface area contributed by atoms with Crippen LogP contribution in [0.3, 0.4) is 0 Å². The molecule has 0 aliphatic rings. The molecule has 0 bridgehead atoms. The predicted octanol–water partition coefficient (Wildman–Crippen LogP) is 1.64. The smallest absolute Gasteiger partial charge is 0.147 e. The van der Waals surface area contributed by atoms with Crippen molar-refractivity contribution in [2.75, 3.05) is 25.6 Å². The first-order chi connectivity index (χ1) is 8.42. The van der Waals surface area contributed by atoms with Crippen LogP contribution in [0.1, 0.15) is 12.0 Å². The standard InChI is InChI=1S/C13H20FNO2S/c1-15-10-11(7-8-18(2,16)17)9-12-5-3-4-6-13(12)14/h3-6,11,15H,7-10H2,1-2H3. The van der Waals surface area contributed by atoms with E-state index in [2.05, 4.69) is 5.32 Å². The van der Waals surface area contributed by atoms with Gasteiger partial charge in [0.15, 0.2) is 0 Å². The molecule has 1 aromatic carbocycles. The first kappa shape index (κ1) is 15.1. The van der Waals surface area contributed by atoms with E-state index in [1.807, 2.05) is 7.05 Å². The van der Waals surface area contributed by atoms with Crippen molar-refractivity contribution in [3.8, 4) is 0 Å². The zero-order valence-corrected chi connectivity index (χ0v) is 11.6. The molecule has 5 heteroatoms. The minimum atomic E-state index is -2.96. The molecule has 0 saturated carbocycles. The predicted molar refractivity (Wildman–Crippen MR) is 71.8 cm³/mol. The summed E-state index contributed by atoms with van der Waals surface area (Å²) in [6, 6.07) is 6.63. The van der Waals surface area contributed by atoms with Crippen LogP contribution in [0.4, 0.5) is 4.39 Å². The molecule has 1 rings (SSSR count). The van der Waals surface area contributed by atoms with Crippen LogP contribution in [0.15, 0.2) is 24.3 Å². The highest BCUT2D eigenvalue weighted by atomic mass is 32.2. The van der Waals surface area contributed by atoms with Crippen LogP contribution in [0.5, 0.6) is 0 Å². The van der Waals surface area contributed by atoms with E-state index in [0.29, 0.717) is 24.9 Å². The van der Waals surface area contributed by atoms with Crippen molar-refractivity contribution >= 4 is 9.84 Å². The van der Waals surface area contributed by atoms with Crippen LogP contribution in [0.25, 0.3) is 0 Å². The summed E-state index contributed by atoms with van der Waals surface area (Å²) in [5, 5.41) is 3.03. The molecule has 1 atom stereocenters. The van der Waals surface area contributed by atoms with Crippen LogP contribution in [0, 0.1) is 11.7 Å². The number of nitrogens with one attached hydrogen (secondary N) is 1. The lowest BCUT2D eigenvalue weighted by Gasteiger charge is -2.16. The van der Waals surface area contributed by atoms with Gasteiger partial charge in [-0.2, -0.15) is 0 Å². The molecule has 0 aliphatic carbocycles. The minimum Gasteiger partial charge on any atom is -0.319 e. The van der Waals surface area contributed by atoms with Gasteiger partial charge in [-0.25, -0.2) is 12.8 Å². The Labute approximate surface area is 108 Å². The lowest BCUT2D eigenvalue weighted by Crippen LogP contribution is -2.23. The molecule has 0 aromatic heterocycles. The number of halogens is 1. The number of hydrogen-bond donors (Lipinski definition) is 1. The van der Waals surface area contributed by atoms with Crippen molar-refractivity contribution in [2.24, 2.45) is 5.92 Å². The van der Waals surface area contributed by atoms with Crippen molar-refractivity contribution in [1.29, 1.82) is 0 Å². The molecule has 0 spiro atoms. The third kappa shape index (κ3) is 5.60. The number of hydrogen-bond acceptors (Lipinski definition) is 3. The summed E-state index contributed by atoms with van der Waals surface area (Å²) in [5.41, 5.74) is 0.645. The van der Waals surface area contributed by atoms with Gasteiger partial charge in [0.1, 0.15) is 15.7 Å². The molecular formula is C13H20FNO2S. The largest absolute Gasteiger partial charge is 0.319 e. The van der Waals surface area contributed by atoms with E-state index in [4.69, 9.17) is 0 Å². The van der Waals surface area contributed by atoms with E-state index in [1.165, 1.54) is 12.3 Å². The minimum absolute atomic E-state index is 0.127. The average molecular weight is 273 g/mol. The molecule has 3 nitrogen and oxygen atoms in total. The lowest BCUT2D eigenvalue weighted by atomic mass is 9.96. The molecular weight excluding hydrogens is 253 g/mol. The second-order valence-electron chi connectivity index (χ2n) is 4.64. The van der Waals surface area contributed by atoms with Crippen LogP contribution in [-0.4, -0.2) is 34.0 Å². The van der Waals surface area contributed by atoms with Gasteiger partial charge < -0.3 is 5.32 Å². The summed E-state index contributed by atoms with van der Waals surface area (Å²) in [4.78, 5) is 0. The van der Waals surface area contributed by atoms with Crippen molar-refractivity contribution in [3.05, 3.63) is 35.6 Å². The summed E-state index contributed by atoms with van der Waals surface area (Å²) in [5.74, 6) is 0.0490. The van der Waals surface area contributed by atoms with E-state index in [-0.39, 0.29) is 17.5 Å². The molecule has 0 heterocycles. The summed E-state index contributed by atoms with van der Waals surface area (Å²) < 4.78 is 35.9. The Balaban J connectivity index is 2.66. The van der Waals surface area contributed by atoms with Gasteiger partial charge in [-0.15, -0.1) is 0 Å². The fourth-order valence-corrected chi connectivity index (χ4v) is 2.68. The van der Waals surface area contributed by atoms with Gasteiger partial charge in [0.25, 0.3) is 0 Å². The highest BCUT2D eigenvalue weighted by Gasteiger charge is 2.14. The molecule has 1 unspecified atom stereocenters. The van der Waals surface area contributed by atoms with Crippen LogP contribution < -0.4 is 5.32 Å². The maximum atomic E-state index is 13.5. The van der Waals surface area contributed by atoms with Gasteiger partial charge >= 0.3 is 0 Å². The second kappa shape index (κ2) is 6.85. The van der Waals surface area contributed by atoms with Crippen molar-refractivity contribution in [3.63, 3.8) is 0 Å². The zero-order chi connectivity index (χ0) is 13.6. The zero-order valence-electron chi connectivity index (χ0n) is 10.8. The highest BCUT2D eigenvalue weighted by molar-refractivity contribution is 7.90. The van der Waals surface area contributed by atoms with E-state index < -0.39 is 9.84 Å². The maximum absolute atomic E-state index is 13.5. The monoisotopic (exact) mass is 273 g/mol. The number of rotatable bonds is 7. The Morgan fingerprint density at radius 1 is 1.33 bits per heavy atom. The first-order valence-electron chi connectivity index (χ1n) is 5.98. The van der Waals surface area contributed by atoms with E-state index in [1.54, 1.807) is 18.2 Å². The first-order valence-corrected chi connectivity index (χ1v) is 8.04. The quantitative estimate of drug-likeness (QED) is 0.821. The Morgan fingerprint density at radius 3 is 2.56 bits per heavy atom. The van der Waals surface area contributed by atoms with Crippen molar-refractivity contribution in [1.82, 2.24) is 5.32 Å². The topological polar surface area (TPSA) is 46.2 Å². The van der Waals surface area contributed by atoms with Gasteiger partial charge in [0, 0.05) is 6.26 Å². The number of benzene rings is 1. The van der Waals surface area contributed by atoms with Crippen molar-refractivity contribution in [2.45, 2.75) is 12.8 Å². The van der Waals surface area contributed by atoms with E-state index in [0.717, 1.165) is 0 Å². The third-order valence-corrected chi connectivity index (χ3v) is 3.83. The van der Waals surface area contributed by atoms with E-state index >= 15 is 0 Å². The molecule has 102 valence electrons. The van der Waals surface area contributed by atoms with Crippen LogP contribution in [0.2, 0.25) is 0 Å². The Hall–Kier alpha value is -0.940. The molecule has 0 amide bonds. The average Bonchev–Trinajstić information content (AvgIpc) is 2.28. The summed E-state index contributed by atoms with van der Waals surface area (Å²) in [6.45, 7) is 0.684. The Kier molecular flexibility index (Phi) is 5.75. The van der Waals surface area contributed by atoms with E-state index in [9.17, 15) is 12.8 Å². The summed E-state index contributed by atoms with van der Waals surface area (Å²) >= 11 is 0. The molecule has 18 heavy (non-hydrogen) atoms. The van der Waals surface area contributed by atoms with Gasteiger partial charge in [-0.1, -0.05) is 18.2 Å². The molecule has 1 N–H and O–H groups in total. The van der Waals surface area contributed by atoms with Gasteiger partial charge in [-0.05, 0) is 44.0 Å². The summed E-state index contributed by atoms with van der Waals surface area (Å²) in [6.07, 6.45) is 2.34. The fraction of sp³-hybridized carbons (Fsp3) is 0.538. The molecule has 0 fully saturated rings. The molecule has 0 aliphatic heterocycles. The highest BCUT2D eigenvalue weighted by Crippen LogP contribution is 2.15. The molecule has 1 aromatic rings. The molecule has 0 radical (unpaired) electrons. The van der Waals surface area contributed by atoms with Crippen LogP contribution >= 0.6 is 0 Å². The SMILES string of the molecule is CNCC(CCS(C)(=O)=O)Cc1ccccc1F. The molecule has 0 saturated heterocycles. The lowest BCUT2D eigenvalue weighted by molar-refractivity contribution is 0.467.